The highest BCUT2D eigenvalue weighted by Crippen LogP contribution is 2.36. The summed E-state index contributed by atoms with van der Waals surface area (Å²) in [5.41, 5.74) is 12.8. The predicted octanol–water partition coefficient (Wildman–Crippen LogP) is 5.68. The van der Waals surface area contributed by atoms with Crippen LogP contribution in [0.2, 0.25) is 0 Å². The zero-order valence-corrected chi connectivity index (χ0v) is 40.3. The van der Waals surface area contributed by atoms with Crippen LogP contribution in [0.4, 0.5) is 0 Å². The molecule has 20 nitrogen and oxygen atoms in total. The number of aliphatic hydroxyl groups excluding tert-OH is 1. The molecule has 0 spiro atoms. The molecule has 0 radical (unpaired) electrons. The van der Waals surface area contributed by atoms with Crippen molar-refractivity contribution in [2.45, 2.75) is 66.8 Å². The first kappa shape index (κ1) is 46.0. The fourth-order valence-corrected chi connectivity index (χ4v) is 8.82. The monoisotopic (exact) mass is 924 g/mol. The summed E-state index contributed by atoms with van der Waals surface area (Å²) in [6.45, 7) is 15.3. The van der Waals surface area contributed by atoms with E-state index in [1.165, 1.54) is 0 Å². The lowest BCUT2D eigenvalue weighted by Gasteiger charge is -2.25. The van der Waals surface area contributed by atoms with Gasteiger partial charge >= 0.3 is 0 Å². The number of fused-ring (bicyclic) bond motifs is 8. The molecular weight excluding hydrogens is 865 g/mol. The van der Waals surface area contributed by atoms with Gasteiger partial charge in [-0.15, -0.1) is 5.10 Å². The van der Waals surface area contributed by atoms with E-state index >= 15 is 0 Å². The number of aromatic nitrogens is 14. The smallest absolute Gasteiger partial charge is 0.240 e. The molecule has 0 aromatic carbocycles. The van der Waals surface area contributed by atoms with Crippen molar-refractivity contribution in [3.63, 3.8) is 0 Å². The Labute approximate surface area is 394 Å². The molecule has 2 aliphatic heterocycles. The Balaban J connectivity index is 0.000000174. The molecule has 1 atom stereocenters. The third-order valence-electron chi connectivity index (χ3n) is 12.5. The average Bonchev–Trinajstić information content (AvgIpc) is 4.18. The lowest BCUT2D eigenvalue weighted by atomic mass is 10.1. The van der Waals surface area contributed by atoms with Crippen molar-refractivity contribution in [2.75, 3.05) is 46.5 Å². The number of aliphatic hydroxyl groups is 1. The molecular formula is C48H60N16O4. The highest BCUT2D eigenvalue weighted by molar-refractivity contribution is 5.93. The average molecular weight is 925 g/mol. The first-order valence-corrected chi connectivity index (χ1v) is 23.2. The van der Waals surface area contributed by atoms with E-state index < -0.39 is 0 Å². The quantitative estimate of drug-likeness (QED) is 0.184. The van der Waals surface area contributed by atoms with Crippen LogP contribution in [0.3, 0.4) is 0 Å². The zero-order valence-electron chi connectivity index (χ0n) is 40.3. The lowest BCUT2D eigenvalue weighted by molar-refractivity contribution is 0.133. The van der Waals surface area contributed by atoms with E-state index in [0.717, 1.165) is 116 Å². The van der Waals surface area contributed by atoms with Gasteiger partial charge in [0, 0.05) is 69.4 Å². The molecule has 68 heavy (non-hydrogen) atoms. The minimum Gasteiger partial charge on any atom is -0.476 e. The number of H-pyrrole nitrogens is 2. The van der Waals surface area contributed by atoms with Gasteiger partial charge in [-0.25, -0.2) is 9.36 Å². The van der Waals surface area contributed by atoms with Gasteiger partial charge in [0.2, 0.25) is 17.6 Å². The standard InChI is InChI=1S/C27H36N8O3.C21H24N8O/c1-6-20-25-22-13-19-21(29-30-23(19)14-28-22)10-9-18-24(35(11-12-36)32-26(18)37-8-3)16-34(7-2)15-17(4)38-27(25)33(5)31-20;1-13-14-5-6-17-15-9-18(22-11-19(15)25-24-17)16-10-23-29(4)21(16)30-8-7-27(2)12-20(14)26-28(13)3/h9-10,13-14,17,36H,6-8,11-12,15-16H2,1-5H3,(H,29,30);5-6,9-11H,7-8,12H2,1-4H3,(H,24,25)/b10-9+;6-5+. The Morgan fingerprint density at radius 3 is 2.21 bits per heavy atom. The second-order valence-corrected chi connectivity index (χ2v) is 17.2. The molecule has 0 saturated carbocycles. The van der Waals surface area contributed by atoms with Gasteiger partial charge in [0.1, 0.15) is 12.7 Å². The van der Waals surface area contributed by atoms with Gasteiger partial charge in [0.05, 0.1) is 106 Å². The molecule has 0 saturated heterocycles. The predicted molar refractivity (Wildman–Crippen MR) is 261 cm³/mol. The number of nitrogens with zero attached hydrogens (tertiary/aromatic N) is 14. The van der Waals surface area contributed by atoms with Crippen LogP contribution >= 0.6 is 0 Å². The molecule has 2 aliphatic rings. The summed E-state index contributed by atoms with van der Waals surface area (Å²) in [6.07, 6.45) is 14.2. The summed E-state index contributed by atoms with van der Waals surface area (Å²) in [6, 6.07) is 4.08. The highest BCUT2D eigenvalue weighted by Gasteiger charge is 2.26. The third kappa shape index (κ3) is 9.01. The Morgan fingerprint density at radius 1 is 0.809 bits per heavy atom. The minimum atomic E-state index is -0.119. The van der Waals surface area contributed by atoms with Crippen LogP contribution in [0.15, 0.2) is 30.7 Å². The third-order valence-corrected chi connectivity index (χ3v) is 12.5. The molecule has 20 heteroatoms. The van der Waals surface area contributed by atoms with E-state index in [9.17, 15) is 5.11 Å². The van der Waals surface area contributed by atoms with Gasteiger partial charge in [-0.2, -0.15) is 25.5 Å². The van der Waals surface area contributed by atoms with Gasteiger partial charge in [0.25, 0.3) is 0 Å². The number of hydrogen-bond acceptors (Lipinski definition) is 14. The molecule has 10 heterocycles. The van der Waals surface area contributed by atoms with E-state index in [4.69, 9.17) is 34.5 Å². The summed E-state index contributed by atoms with van der Waals surface area (Å²) < 4.78 is 25.9. The van der Waals surface area contributed by atoms with Gasteiger partial charge < -0.3 is 19.3 Å². The molecule has 356 valence electrons. The molecule has 0 amide bonds. The largest absolute Gasteiger partial charge is 0.476 e. The molecule has 8 aromatic rings. The maximum absolute atomic E-state index is 9.74. The van der Waals surface area contributed by atoms with Crippen LogP contribution in [0, 0.1) is 6.92 Å². The zero-order chi connectivity index (χ0) is 47.6. The Hall–Kier alpha value is -7.16. The van der Waals surface area contributed by atoms with Crippen LogP contribution in [-0.2, 0) is 47.2 Å². The number of pyridine rings is 2. The highest BCUT2D eigenvalue weighted by atomic mass is 16.5. The number of aromatic amines is 2. The van der Waals surface area contributed by atoms with Crippen molar-refractivity contribution in [2.24, 2.45) is 21.1 Å². The van der Waals surface area contributed by atoms with Crippen molar-refractivity contribution in [3.05, 3.63) is 76.0 Å². The van der Waals surface area contributed by atoms with Crippen LogP contribution < -0.4 is 14.2 Å². The minimum absolute atomic E-state index is 0.0160. The molecule has 8 aromatic heterocycles. The normalized spacial score (nSPS) is 16.6. The number of aryl methyl sites for hydroxylation is 4. The van der Waals surface area contributed by atoms with Crippen molar-refractivity contribution in [1.82, 2.24) is 79.3 Å². The molecule has 3 N–H and O–H groups in total. The number of hydrogen-bond donors (Lipinski definition) is 3. The SMILES string of the molecule is CCOc1nn(CCO)c2c1/C=C/c1n[nH]c3cnc(cc13)-c1c(CC)nn(C)c1OC(C)CN(CC)C2.Cc1c2c(nn1C)CN(C)CCOc1c(cnn1C)-c1cc3c(n[nH]c3cn1)/C=C/2. The topological polar surface area (TPSA) is 209 Å². The Kier molecular flexibility index (Phi) is 13.2. The van der Waals surface area contributed by atoms with Crippen molar-refractivity contribution < 1.29 is 19.3 Å². The number of nitrogens with one attached hydrogen (secondary N) is 2. The van der Waals surface area contributed by atoms with Crippen LogP contribution in [0.5, 0.6) is 17.6 Å². The summed E-state index contributed by atoms with van der Waals surface area (Å²) in [4.78, 5) is 13.9. The van der Waals surface area contributed by atoms with E-state index in [1.807, 2.05) is 78.7 Å². The number of rotatable bonds is 6. The summed E-state index contributed by atoms with van der Waals surface area (Å²) in [5, 5.41) is 45.5. The Bertz CT molecular complexity index is 3130. The molecule has 0 aliphatic carbocycles. The first-order valence-electron chi connectivity index (χ1n) is 23.2. The maximum Gasteiger partial charge on any atom is 0.240 e. The van der Waals surface area contributed by atoms with Gasteiger partial charge in [-0.3, -0.25) is 39.3 Å². The molecule has 10 rings (SSSR count). The van der Waals surface area contributed by atoms with Gasteiger partial charge in [-0.05, 0) is 77.2 Å². The number of likely N-dealkylation sites (N-methyl/N-ethyl adjacent to an activating group) is 2. The van der Waals surface area contributed by atoms with Crippen LogP contribution in [-0.4, -0.2) is 137 Å². The van der Waals surface area contributed by atoms with E-state index in [0.29, 0.717) is 50.5 Å². The van der Waals surface area contributed by atoms with Crippen LogP contribution in [0.25, 0.3) is 68.6 Å². The van der Waals surface area contributed by atoms with Crippen molar-refractivity contribution in [1.29, 1.82) is 0 Å². The maximum atomic E-state index is 9.74. The van der Waals surface area contributed by atoms with Crippen molar-refractivity contribution >= 4 is 46.1 Å². The number of ether oxygens (including phenoxy) is 3. The second kappa shape index (κ2) is 19.6. The second-order valence-electron chi connectivity index (χ2n) is 17.2. The molecule has 1 unspecified atom stereocenters. The lowest BCUT2D eigenvalue weighted by Crippen LogP contribution is -2.34. The summed E-state index contributed by atoms with van der Waals surface area (Å²) in [7, 11) is 7.84. The van der Waals surface area contributed by atoms with Gasteiger partial charge in [-0.1, -0.05) is 13.8 Å². The summed E-state index contributed by atoms with van der Waals surface area (Å²) >= 11 is 0. The van der Waals surface area contributed by atoms with Crippen LogP contribution in [0.1, 0.15) is 73.0 Å². The molecule has 0 fully saturated rings. The fraction of sp³-hybridized carbons (Fsp3) is 0.417. The van der Waals surface area contributed by atoms with E-state index in [2.05, 4.69) is 81.1 Å². The fourth-order valence-electron chi connectivity index (χ4n) is 8.82. The Morgan fingerprint density at radius 2 is 1.51 bits per heavy atom. The molecule has 4 bridgehead atoms. The summed E-state index contributed by atoms with van der Waals surface area (Å²) in [5.74, 6) is 1.96. The van der Waals surface area contributed by atoms with E-state index in [1.54, 1.807) is 17.1 Å². The van der Waals surface area contributed by atoms with Crippen molar-refractivity contribution in [3.8, 4) is 40.2 Å². The van der Waals surface area contributed by atoms with Gasteiger partial charge in [0.15, 0.2) is 0 Å². The first-order chi connectivity index (χ1) is 33.0. The van der Waals surface area contributed by atoms with E-state index in [-0.39, 0.29) is 12.7 Å².